The van der Waals surface area contributed by atoms with Crippen molar-refractivity contribution >= 4 is 29.4 Å². The number of carbonyl (C=O) groups excluding carboxylic acids is 2. The second-order valence-corrected chi connectivity index (χ2v) is 6.17. The zero-order valence-electron chi connectivity index (χ0n) is 13.3. The second-order valence-electron chi connectivity index (χ2n) is 5.73. The van der Waals surface area contributed by atoms with Crippen LogP contribution in [0, 0.1) is 5.92 Å². The number of hydrogen-bond donors (Lipinski definition) is 3. The summed E-state index contributed by atoms with van der Waals surface area (Å²) < 4.78 is 0. The van der Waals surface area contributed by atoms with Gasteiger partial charge in [0.15, 0.2) is 0 Å². The van der Waals surface area contributed by atoms with Crippen LogP contribution in [0.25, 0.3) is 0 Å². The van der Waals surface area contributed by atoms with Gasteiger partial charge >= 0.3 is 5.97 Å². The minimum atomic E-state index is -1.09. The van der Waals surface area contributed by atoms with Gasteiger partial charge < -0.3 is 15.7 Å². The Morgan fingerprint density at radius 1 is 1.09 bits per heavy atom. The first-order valence-corrected chi connectivity index (χ1v) is 7.68. The fourth-order valence-electron chi connectivity index (χ4n) is 1.94. The lowest BCUT2D eigenvalue weighted by molar-refractivity contribution is -0.142. The Bertz CT molecular complexity index is 572. The van der Waals surface area contributed by atoms with E-state index in [-0.39, 0.29) is 5.92 Å². The van der Waals surface area contributed by atoms with Crippen LogP contribution in [-0.4, -0.2) is 35.0 Å². The highest BCUT2D eigenvalue weighted by Crippen LogP contribution is 2.10. The van der Waals surface area contributed by atoms with Crippen LogP contribution < -0.4 is 10.6 Å². The van der Waals surface area contributed by atoms with Gasteiger partial charge in [0, 0.05) is 10.6 Å². The fourth-order valence-corrected chi connectivity index (χ4v) is 2.06. The summed E-state index contributed by atoms with van der Waals surface area (Å²) >= 11 is 5.75. The fraction of sp³-hybridized carbons (Fsp3) is 0.438. The Balaban J connectivity index is 2.63. The molecule has 6 nitrogen and oxygen atoms in total. The highest BCUT2D eigenvalue weighted by atomic mass is 35.5. The number of benzene rings is 1. The van der Waals surface area contributed by atoms with Crippen molar-refractivity contribution < 1.29 is 19.5 Å². The number of rotatable bonds is 7. The zero-order valence-corrected chi connectivity index (χ0v) is 14.1. The first-order chi connectivity index (χ1) is 10.7. The van der Waals surface area contributed by atoms with E-state index >= 15 is 0 Å². The van der Waals surface area contributed by atoms with Crippen LogP contribution in [0.5, 0.6) is 0 Å². The maximum Gasteiger partial charge on any atom is 0.326 e. The summed E-state index contributed by atoms with van der Waals surface area (Å²) in [5.74, 6) is -1.95. The Kier molecular flexibility index (Phi) is 7.03. The molecule has 0 aliphatic rings. The van der Waals surface area contributed by atoms with E-state index in [0.29, 0.717) is 17.0 Å². The Morgan fingerprint density at radius 2 is 1.65 bits per heavy atom. The van der Waals surface area contributed by atoms with E-state index in [1.807, 2.05) is 13.8 Å². The highest BCUT2D eigenvalue weighted by Gasteiger charge is 2.24. The van der Waals surface area contributed by atoms with Crippen LogP contribution in [0.3, 0.4) is 0 Å². The molecular weight excluding hydrogens is 320 g/mol. The molecule has 0 aromatic heterocycles. The molecule has 23 heavy (non-hydrogen) atoms. The summed E-state index contributed by atoms with van der Waals surface area (Å²) in [5, 5.41) is 14.6. The predicted molar refractivity (Wildman–Crippen MR) is 87.4 cm³/mol. The lowest BCUT2D eigenvalue weighted by Gasteiger charge is -2.20. The molecule has 7 heteroatoms. The van der Waals surface area contributed by atoms with Crippen LogP contribution in [0.4, 0.5) is 0 Å². The largest absolute Gasteiger partial charge is 0.480 e. The molecule has 1 aromatic rings. The molecule has 0 saturated heterocycles. The monoisotopic (exact) mass is 340 g/mol. The Labute approximate surface area is 140 Å². The molecule has 0 fully saturated rings. The maximum absolute atomic E-state index is 12.1. The number of carboxylic acid groups (broad SMARTS) is 1. The third-order valence-corrected chi connectivity index (χ3v) is 3.42. The summed E-state index contributed by atoms with van der Waals surface area (Å²) in [6, 6.07) is 4.40. The van der Waals surface area contributed by atoms with E-state index in [2.05, 4.69) is 10.6 Å². The molecule has 2 amide bonds. The smallest absolute Gasteiger partial charge is 0.326 e. The topological polar surface area (TPSA) is 95.5 Å². The molecule has 2 atom stereocenters. The zero-order chi connectivity index (χ0) is 17.6. The van der Waals surface area contributed by atoms with Gasteiger partial charge in [-0.1, -0.05) is 25.4 Å². The van der Waals surface area contributed by atoms with Crippen molar-refractivity contribution in [1.29, 1.82) is 0 Å². The van der Waals surface area contributed by atoms with Gasteiger partial charge in [0.2, 0.25) is 5.91 Å². The number of carboxylic acids is 1. The molecule has 126 valence electrons. The molecule has 1 aromatic carbocycles. The van der Waals surface area contributed by atoms with Crippen molar-refractivity contribution in [3.05, 3.63) is 34.9 Å². The van der Waals surface area contributed by atoms with Gasteiger partial charge in [0.1, 0.15) is 12.1 Å². The van der Waals surface area contributed by atoms with Crippen LogP contribution in [0.15, 0.2) is 24.3 Å². The number of aliphatic carboxylic acids is 1. The number of amides is 2. The summed E-state index contributed by atoms with van der Waals surface area (Å²) in [7, 11) is 0. The third-order valence-electron chi connectivity index (χ3n) is 3.17. The first-order valence-electron chi connectivity index (χ1n) is 7.30. The Morgan fingerprint density at radius 3 is 2.13 bits per heavy atom. The molecule has 0 aliphatic heterocycles. The van der Waals surface area contributed by atoms with E-state index in [0.717, 1.165) is 0 Å². The minimum Gasteiger partial charge on any atom is -0.480 e. The van der Waals surface area contributed by atoms with Crippen molar-refractivity contribution in [3.8, 4) is 0 Å². The number of nitrogens with one attached hydrogen (secondary N) is 2. The Hall–Kier alpha value is -2.08. The molecule has 0 spiro atoms. The van der Waals surface area contributed by atoms with Crippen LogP contribution in [0.2, 0.25) is 5.02 Å². The van der Waals surface area contributed by atoms with Gasteiger partial charge in [-0.2, -0.15) is 0 Å². The average molecular weight is 341 g/mol. The molecule has 1 unspecified atom stereocenters. The van der Waals surface area contributed by atoms with Crippen molar-refractivity contribution in [3.63, 3.8) is 0 Å². The number of carbonyl (C=O) groups is 3. The summed E-state index contributed by atoms with van der Waals surface area (Å²) in [6.45, 7) is 5.24. The second kappa shape index (κ2) is 8.53. The lowest BCUT2D eigenvalue weighted by Crippen LogP contribution is -2.50. The molecule has 0 heterocycles. The van der Waals surface area contributed by atoms with Crippen LogP contribution in [-0.2, 0) is 9.59 Å². The van der Waals surface area contributed by atoms with Gasteiger partial charge in [-0.05, 0) is 43.5 Å². The quantitative estimate of drug-likeness (QED) is 0.708. The van der Waals surface area contributed by atoms with Crippen molar-refractivity contribution in [2.75, 3.05) is 0 Å². The average Bonchev–Trinajstić information content (AvgIpc) is 2.46. The van der Waals surface area contributed by atoms with Gasteiger partial charge in [0.25, 0.3) is 5.91 Å². The summed E-state index contributed by atoms with van der Waals surface area (Å²) in [4.78, 5) is 35.2. The maximum atomic E-state index is 12.1. The van der Waals surface area contributed by atoms with Gasteiger partial charge in [0.05, 0.1) is 0 Å². The van der Waals surface area contributed by atoms with Gasteiger partial charge in [-0.15, -0.1) is 0 Å². The molecule has 0 saturated carbocycles. The molecule has 3 N–H and O–H groups in total. The first kappa shape index (κ1) is 19.0. The molecule has 0 bridgehead atoms. The standard InChI is InChI=1S/C16H21ClN2O4/c1-9(2)8-13(16(22)23)19-14(20)10(3)18-15(21)11-4-6-12(17)7-5-11/h4-7,9-10,13H,8H2,1-3H3,(H,18,21)(H,19,20)(H,22,23)/t10?,13-/m1/s1. The normalized spacial score (nSPS) is 13.3. The highest BCUT2D eigenvalue weighted by molar-refractivity contribution is 6.30. The predicted octanol–water partition coefficient (Wildman–Crippen LogP) is 2.07. The van der Waals surface area contributed by atoms with Crippen LogP contribution >= 0.6 is 11.6 Å². The van der Waals surface area contributed by atoms with E-state index in [1.165, 1.54) is 6.92 Å². The molecule has 0 aliphatic carbocycles. The van der Waals surface area contributed by atoms with E-state index in [1.54, 1.807) is 24.3 Å². The van der Waals surface area contributed by atoms with E-state index in [9.17, 15) is 14.4 Å². The van der Waals surface area contributed by atoms with E-state index in [4.69, 9.17) is 16.7 Å². The van der Waals surface area contributed by atoms with Crippen molar-refractivity contribution in [1.82, 2.24) is 10.6 Å². The van der Waals surface area contributed by atoms with Gasteiger partial charge in [-0.25, -0.2) is 4.79 Å². The number of hydrogen-bond acceptors (Lipinski definition) is 3. The third kappa shape index (κ3) is 6.28. The molecule has 1 rings (SSSR count). The number of halogens is 1. The lowest BCUT2D eigenvalue weighted by atomic mass is 10.0. The summed E-state index contributed by atoms with van der Waals surface area (Å²) in [6.07, 6.45) is 0.318. The molecule has 0 radical (unpaired) electrons. The van der Waals surface area contributed by atoms with Crippen LogP contribution in [0.1, 0.15) is 37.6 Å². The summed E-state index contributed by atoms with van der Waals surface area (Å²) in [5.41, 5.74) is 0.367. The minimum absolute atomic E-state index is 0.121. The SMILES string of the molecule is CC(C)C[C@@H](NC(=O)C(C)NC(=O)c1ccc(Cl)cc1)C(=O)O. The molecular formula is C16H21ClN2O4. The van der Waals surface area contributed by atoms with Gasteiger partial charge in [-0.3, -0.25) is 9.59 Å². The van der Waals surface area contributed by atoms with Crippen molar-refractivity contribution in [2.45, 2.75) is 39.3 Å². The van der Waals surface area contributed by atoms with Crippen molar-refractivity contribution in [2.24, 2.45) is 5.92 Å². The van der Waals surface area contributed by atoms with E-state index < -0.39 is 29.9 Å².